The molecule has 2 rings (SSSR count). The van der Waals surface area contributed by atoms with Gasteiger partial charge in [-0.25, -0.2) is 8.42 Å². The summed E-state index contributed by atoms with van der Waals surface area (Å²) in [4.78, 5) is 14.4. The Balaban J connectivity index is 2.08. The van der Waals surface area contributed by atoms with E-state index in [1.165, 1.54) is 10.4 Å². The Labute approximate surface area is 138 Å². The number of hydrogen-bond donors (Lipinski definition) is 1. The average molecular weight is 339 g/mol. The van der Waals surface area contributed by atoms with Gasteiger partial charge in [0.1, 0.15) is 0 Å². The number of nitrogens with one attached hydrogen (secondary N) is 1. The predicted molar refractivity (Wildman–Crippen MR) is 90.9 cm³/mol. The van der Waals surface area contributed by atoms with Gasteiger partial charge in [0.05, 0.1) is 11.4 Å². The molecule has 0 atom stereocenters. The van der Waals surface area contributed by atoms with Gasteiger partial charge >= 0.3 is 0 Å². The summed E-state index contributed by atoms with van der Waals surface area (Å²) in [6, 6.07) is 6.45. The number of carbonyl (C=O) groups excluding carboxylic acids is 1. The van der Waals surface area contributed by atoms with Gasteiger partial charge in [-0.05, 0) is 44.1 Å². The van der Waals surface area contributed by atoms with Crippen molar-refractivity contribution in [3.63, 3.8) is 0 Å². The number of benzene rings is 1. The van der Waals surface area contributed by atoms with Crippen molar-refractivity contribution in [2.24, 2.45) is 0 Å². The van der Waals surface area contributed by atoms with Gasteiger partial charge in [0.15, 0.2) is 0 Å². The molecule has 1 aliphatic heterocycles. The molecule has 0 aliphatic carbocycles. The average Bonchev–Trinajstić information content (AvgIpc) is 3.01. The standard InChI is InChI=1S/C16H25N3O3S/c1-3-19(4-2)23(21,22)15-9-7-8-14(12-15)17-16(20)13-18-10-5-6-11-18/h7-9,12H,3-6,10-11,13H2,1-2H3,(H,17,20). The summed E-state index contributed by atoms with van der Waals surface area (Å²) in [5.41, 5.74) is 0.516. The van der Waals surface area contributed by atoms with Crippen LogP contribution in [0.15, 0.2) is 29.2 Å². The van der Waals surface area contributed by atoms with Gasteiger partial charge in [0.2, 0.25) is 15.9 Å². The second kappa shape index (κ2) is 7.90. The van der Waals surface area contributed by atoms with Crippen LogP contribution < -0.4 is 5.32 Å². The third kappa shape index (κ3) is 4.53. The fraction of sp³-hybridized carbons (Fsp3) is 0.562. The summed E-state index contributed by atoms with van der Waals surface area (Å²) in [6.45, 7) is 6.71. The van der Waals surface area contributed by atoms with Crippen molar-refractivity contribution < 1.29 is 13.2 Å². The molecule has 128 valence electrons. The van der Waals surface area contributed by atoms with Crippen LogP contribution >= 0.6 is 0 Å². The summed E-state index contributed by atoms with van der Waals surface area (Å²) in [7, 11) is -3.51. The van der Waals surface area contributed by atoms with Crippen LogP contribution in [0.2, 0.25) is 0 Å². The second-order valence-electron chi connectivity index (χ2n) is 5.65. The van der Waals surface area contributed by atoms with Crippen LogP contribution in [0.1, 0.15) is 26.7 Å². The molecular weight excluding hydrogens is 314 g/mol. The topological polar surface area (TPSA) is 69.7 Å². The summed E-state index contributed by atoms with van der Waals surface area (Å²) >= 11 is 0. The Morgan fingerprint density at radius 3 is 2.48 bits per heavy atom. The maximum absolute atomic E-state index is 12.5. The van der Waals surface area contributed by atoms with E-state index in [2.05, 4.69) is 10.2 Å². The minimum Gasteiger partial charge on any atom is -0.325 e. The van der Waals surface area contributed by atoms with Crippen LogP contribution in [-0.2, 0) is 14.8 Å². The molecule has 1 amide bonds. The fourth-order valence-corrected chi connectivity index (χ4v) is 4.30. The molecular formula is C16H25N3O3S. The Kier molecular flexibility index (Phi) is 6.15. The van der Waals surface area contributed by atoms with Crippen LogP contribution in [0.25, 0.3) is 0 Å². The molecule has 0 radical (unpaired) electrons. The maximum Gasteiger partial charge on any atom is 0.243 e. The van der Waals surface area contributed by atoms with Crippen molar-refractivity contribution in [1.82, 2.24) is 9.21 Å². The van der Waals surface area contributed by atoms with Crippen molar-refractivity contribution in [3.8, 4) is 0 Å². The number of nitrogens with zero attached hydrogens (tertiary/aromatic N) is 2. The zero-order chi connectivity index (χ0) is 16.9. The smallest absolute Gasteiger partial charge is 0.243 e. The van der Waals surface area contributed by atoms with Crippen LogP contribution in [0, 0.1) is 0 Å². The monoisotopic (exact) mass is 339 g/mol. The van der Waals surface area contributed by atoms with E-state index >= 15 is 0 Å². The third-order valence-corrected chi connectivity index (χ3v) is 6.07. The van der Waals surface area contributed by atoms with Gasteiger partial charge in [0, 0.05) is 18.8 Å². The predicted octanol–water partition coefficient (Wildman–Crippen LogP) is 1.75. The van der Waals surface area contributed by atoms with Crippen LogP contribution in [0.4, 0.5) is 5.69 Å². The van der Waals surface area contributed by atoms with E-state index in [1.807, 2.05) is 13.8 Å². The highest BCUT2D eigenvalue weighted by molar-refractivity contribution is 7.89. The number of anilines is 1. The number of amides is 1. The van der Waals surface area contributed by atoms with E-state index in [-0.39, 0.29) is 10.8 Å². The molecule has 7 heteroatoms. The molecule has 0 unspecified atom stereocenters. The molecule has 0 bridgehead atoms. The zero-order valence-electron chi connectivity index (χ0n) is 13.8. The summed E-state index contributed by atoms with van der Waals surface area (Å²) in [5.74, 6) is -0.107. The molecule has 1 heterocycles. The van der Waals surface area contributed by atoms with Crippen molar-refractivity contribution >= 4 is 21.6 Å². The Morgan fingerprint density at radius 2 is 1.87 bits per heavy atom. The number of rotatable bonds is 7. The second-order valence-corrected chi connectivity index (χ2v) is 7.59. The largest absolute Gasteiger partial charge is 0.325 e. The number of carbonyl (C=O) groups is 1. The number of likely N-dealkylation sites (tertiary alicyclic amines) is 1. The lowest BCUT2D eigenvalue weighted by molar-refractivity contribution is -0.117. The van der Waals surface area contributed by atoms with Crippen molar-refractivity contribution in [2.75, 3.05) is 38.0 Å². The van der Waals surface area contributed by atoms with Gasteiger partial charge in [-0.3, -0.25) is 9.69 Å². The minimum atomic E-state index is -3.51. The molecule has 1 aromatic rings. The van der Waals surface area contributed by atoms with Gasteiger partial charge in [-0.2, -0.15) is 4.31 Å². The van der Waals surface area contributed by atoms with Gasteiger partial charge in [-0.1, -0.05) is 19.9 Å². The molecule has 1 saturated heterocycles. The molecule has 0 aromatic heterocycles. The lowest BCUT2D eigenvalue weighted by atomic mass is 10.3. The molecule has 0 spiro atoms. The lowest BCUT2D eigenvalue weighted by Gasteiger charge is -2.19. The van der Waals surface area contributed by atoms with E-state index in [0.717, 1.165) is 25.9 Å². The number of hydrogen-bond acceptors (Lipinski definition) is 4. The Bertz CT molecular complexity index is 636. The van der Waals surface area contributed by atoms with Crippen LogP contribution in [0.5, 0.6) is 0 Å². The SMILES string of the molecule is CCN(CC)S(=O)(=O)c1cccc(NC(=O)CN2CCCC2)c1. The highest BCUT2D eigenvalue weighted by Gasteiger charge is 2.22. The zero-order valence-corrected chi connectivity index (χ0v) is 14.6. The van der Waals surface area contributed by atoms with Crippen LogP contribution in [0.3, 0.4) is 0 Å². The van der Waals surface area contributed by atoms with E-state index in [9.17, 15) is 13.2 Å². The molecule has 1 aromatic carbocycles. The number of sulfonamides is 1. The van der Waals surface area contributed by atoms with E-state index in [4.69, 9.17) is 0 Å². The first-order chi connectivity index (χ1) is 11.0. The lowest BCUT2D eigenvalue weighted by Crippen LogP contribution is -2.31. The minimum absolute atomic E-state index is 0.107. The van der Waals surface area contributed by atoms with Crippen molar-refractivity contribution in [2.45, 2.75) is 31.6 Å². The quantitative estimate of drug-likeness (QED) is 0.822. The first-order valence-corrected chi connectivity index (χ1v) is 9.53. The third-order valence-electron chi connectivity index (χ3n) is 4.03. The highest BCUT2D eigenvalue weighted by Crippen LogP contribution is 2.19. The summed E-state index contributed by atoms with van der Waals surface area (Å²) in [6.07, 6.45) is 2.26. The van der Waals surface area contributed by atoms with Gasteiger partial charge < -0.3 is 5.32 Å². The fourth-order valence-electron chi connectivity index (χ4n) is 2.79. The van der Waals surface area contributed by atoms with Crippen LogP contribution in [-0.4, -0.2) is 56.3 Å². The summed E-state index contributed by atoms with van der Waals surface area (Å²) in [5, 5.41) is 2.79. The van der Waals surface area contributed by atoms with Crippen molar-refractivity contribution in [1.29, 1.82) is 0 Å². The molecule has 23 heavy (non-hydrogen) atoms. The van der Waals surface area contributed by atoms with Gasteiger partial charge in [0.25, 0.3) is 0 Å². The highest BCUT2D eigenvalue weighted by atomic mass is 32.2. The van der Waals surface area contributed by atoms with Gasteiger partial charge in [-0.15, -0.1) is 0 Å². The molecule has 1 aliphatic rings. The Hall–Kier alpha value is -1.44. The normalized spacial score (nSPS) is 16.0. The molecule has 6 nitrogen and oxygen atoms in total. The molecule has 1 fully saturated rings. The molecule has 0 saturated carbocycles. The first-order valence-electron chi connectivity index (χ1n) is 8.09. The molecule has 1 N–H and O–H groups in total. The maximum atomic E-state index is 12.5. The Morgan fingerprint density at radius 1 is 1.22 bits per heavy atom. The van der Waals surface area contributed by atoms with E-state index < -0.39 is 10.0 Å². The summed E-state index contributed by atoms with van der Waals surface area (Å²) < 4.78 is 26.4. The van der Waals surface area contributed by atoms with E-state index in [1.54, 1.807) is 18.2 Å². The van der Waals surface area contributed by atoms with E-state index in [0.29, 0.717) is 25.3 Å². The van der Waals surface area contributed by atoms with Crippen molar-refractivity contribution in [3.05, 3.63) is 24.3 Å². The first kappa shape index (κ1) is 17.9.